The molecule has 0 bridgehead atoms. The molecule has 0 amide bonds. The van der Waals surface area contributed by atoms with E-state index in [1.54, 1.807) is 0 Å². The number of carboxylic acid groups (broad SMARTS) is 1. The van der Waals surface area contributed by atoms with Crippen molar-refractivity contribution >= 4 is 6.47 Å². The molecule has 0 radical (unpaired) electrons. The number of hydrogen-bond acceptors (Lipinski definition) is 3. The van der Waals surface area contributed by atoms with Gasteiger partial charge >= 0.3 is 0 Å². The summed E-state index contributed by atoms with van der Waals surface area (Å²) in [5.41, 5.74) is 0. The van der Waals surface area contributed by atoms with Crippen LogP contribution in [0.15, 0.2) is 0 Å². The number of aliphatic hydroxyl groups excluding tert-OH is 2. The van der Waals surface area contributed by atoms with E-state index in [0.29, 0.717) is 13.2 Å². The lowest BCUT2D eigenvalue weighted by molar-refractivity contribution is -0.122. The van der Waals surface area contributed by atoms with Crippen molar-refractivity contribution in [3.05, 3.63) is 0 Å². The quantitative estimate of drug-likeness (QED) is 0.373. The molecule has 0 aliphatic rings. The Labute approximate surface area is 111 Å². The van der Waals surface area contributed by atoms with Crippen LogP contribution in [-0.4, -0.2) is 35.0 Å². The topological polar surface area (TPSA) is 77.8 Å². The van der Waals surface area contributed by atoms with Crippen molar-refractivity contribution in [3.63, 3.8) is 0 Å². The van der Waals surface area contributed by atoms with Crippen LogP contribution >= 0.6 is 0 Å². The second-order valence-corrected chi connectivity index (χ2v) is 4.44. The molecule has 0 aliphatic heterocycles. The van der Waals surface area contributed by atoms with Gasteiger partial charge in [0.05, 0.1) is 0 Å². The SMILES string of the molecule is O=CO.OCCCCCCCCCCCCCO. The van der Waals surface area contributed by atoms with Gasteiger partial charge in [-0.2, -0.15) is 0 Å². The normalized spacial score (nSPS) is 9.67. The van der Waals surface area contributed by atoms with Gasteiger partial charge in [0.15, 0.2) is 0 Å². The molecule has 0 atom stereocenters. The molecular weight excluding hydrogens is 232 g/mol. The first kappa shape index (κ1) is 19.7. The molecular formula is C14H30O4. The van der Waals surface area contributed by atoms with E-state index < -0.39 is 0 Å². The molecule has 0 aliphatic carbocycles. The van der Waals surface area contributed by atoms with Gasteiger partial charge in [0.2, 0.25) is 0 Å². The first-order chi connectivity index (χ1) is 8.83. The Balaban J connectivity index is 0. The minimum atomic E-state index is -0.250. The molecule has 0 rings (SSSR count). The third kappa shape index (κ3) is 24.6. The molecule has 110 valence electrons. The molecule has 0 aromatic heterocycles. The Kier molecular flexibility index (Phi) is 23.7. The molecule has 0 heterocycles. The van der Waals surface area contributed by atoms with Crippen LogP contribution < -0.4 is 0 Å². The van der Waals surface area contributed by atoms with Gasteiger partial charge in [-0.3, -0.25) is 4.79 Å². The average molecular weight is 262 g/mol. The minimum absolute atomic E-state index is 0.250. The molecule has 0 saturated heterocycles. The first-order valence-electron chi connectivity index (χ1n) is 7.13. The molecule has 18 heavy (non-hydrogen) atoms. The highest BCUT2D eigenvalue weighted by Gasteiger charge is 1.92. The molecule has 0 fully saturated rings. The third-order valence-corrected chi connectivity index (χ3v) is 2.82. The molecule has 0 aromatic rings. The van der Waals surface area contributed by atoms with Crippen LogP contribution in [0.4, 0.5) is 0 Å². The summed E-state index contributed by atoms with van der Waals surface area (Å²) < 4.78 is 0. The zero-order chi connectivity index (χ0) is 13.9. The number of carbonyl (C=O) groups is 1. The van der Waals surface area contributed by atoms with E-state index in [0.717, 1.165) is 12.8 Å². The van der Waals surface area contributed by atoms with Crippen LogP contribution in [0.5, 0.6) is 0 Å². The Hall–Kier alpha value is -0.610. The van der Waals surface area contributed by atoms with Gasteiger partial charge in [-0.05, 0) is 12.8 Å². The number of aliphatic hydroxyl groups is 2. The van der Waals surface area contributed by atoms with Gasteiger partial charge in [-0.15, -0.1) is 0 Å². The molecule has 3 N–H and O–H groups in total. The Morgan fingerprint density at radius 2 is 0.722 bits per heavy atom. The highest BCUT2D eigenvalue weighted by Crippen LogP contribution is 2.10. The maximum absolute atomic E-state index is 8.59. The predicted molar refractivity (Wildman–Crippen MR) is 73.7 cm³/mol. The fourth-order valence-corrected chi connectivity index (χ4v) is 1.81. The molecule has 0 unspecified atom stereocenters. The zero-order valence-electron chi connectivity index (χ0n) is 11.5. The standard InChI is InChI=1S/C13H28O2.CH2O2/c14-12-10-8-6-4-2-1-3-5-7-9-11-13-15;2-1-3/h14-15H,1-13H2;1H,(H,2,3). The lowest BCUT2D eigenvalue weighted by Gasteiger charge is -2.01. The van der Waals surface area contributed by atoms with E-state index in [4.69, 9.17) is 20.1 Å². The van der Waals surface area contributed by atoms with E-state index in [9.17, 15) is 0 Å². The van der Waals surface area contributed by atoms with Crippen LogP contribution in [0.25, 0.3) is 0 Å². The second-order valence-electron chi connectivity index (χ2n) is 4.44. The largest absolute Gasteiger partial charge is 0.483 e. The lowest BCUT2D eigenvalue weighted by atomic mass is 10.1. The summed E-state index contributed by atoms with van der Waals surface area (Å²) in [6, 6.07) is 0. The number of hydrogen-bond donors (Lipinski definition) is 3. The monoisotopic (exact) mass is 262 g/mol. The predicted octanol–water partition coefficient (Wildman–Crippen LogP) is 2.96. The first-order valence-corrected chi connectivity index (χ1v) is 7.13. The summed E-state index contributed by atoms with van der Waals surface area (Å²) in [6.07, 6.45) is 13.6. The van der Waals surface area contributed by atoms with Crippen molar-refractivity contribution in [2.45, 2.75) is 70.6 Å². The zero-order valence-corrected chi connectivity index (χ0v) is 11.5. The number of rotatable bonds is 12. The van der Waals surface area contributed by atoms with Crippen molar-refractivity contribution in [2.24, 2.45) is 0 Å². The fraction of sp³-hybridized carbons (Fsp3) is 0.929. The highest BCUT2D eigenvalue weighted by atomic mass is 16.3. The summed E-state index contributed by atoms with van der Waals surface area (Å²) in [7, 11) is 0. The third-order valence-electron chi connectivity index (χ3n) is 2.82. The van der Waals surface area contributed by atoms with E-state index in [1.165, 1.54) is 57.8 Å². The van der Waals surface area contributed by atoms with E-state index in [-0.39, 0.29) is 6.47 Å². The van der Waals surface area contributed by atoms with E-state index in [2.05, 4.69) is 0 Å². The molecule has 0 aromatic carbocycles. The second kappa shape index (κ2) is 21.7. The maximum atomic E-state index is 8.59. The van der Waals surface area contributed by atoms with Crippen LogP contribution in [0, 0.1) is 0 Å². The van der Waals surface area contributed by atoms with Gasteiger partial charge in [0, 0.05) is 13.2 Å². The van der Waals surface area contributed by atoms with Gasteiger partial charge < -0.3 is 15.3 Å². The van der Waals surface area contributed by atoms with Crippen LogP contribution in [0.3, 0.4) is 0 Å². The van der Waals surface area contributed by atoms with Crippen molar-refractivity contribution in [1.29, 1.82) is 0 Å². The van der Waals surface area contributed by atoms with Crippen molar-refractivity contribution in [2.75, 3.05) is 13.2 Å². The smallest absolute Gasteiger partial charge is 0.290 e. The maximum Gasteiger partial charge on any atom is 0.290 e. The van der Waals surface area contributed by atoms with Gasteiger partial charge in [0.1, 0.15) is 0 Å². The summed E-state index contributed by atoms with van der Waals surface area (Å²) >= 11 is 0. The van der Waals surface area contributed by atoms with Crippen LogP contribution in [-0.2, 0) is 4.79 Å². The fourth-order valence-electron chi connectivity index (χ4n) is 1.81. The van der Waals surface area contributed by atoms with Crippen LogP contribution in [0.1, 0.15) is 70.6 Å². The average Bonchev–Trinajstić information content (AvgIpc) is 2.37. The summed E-state index contributed by atoms with van der Waals surface area (Å²) in [4.78, 5) is 8.36. The molecule has 0 saturated carbocycles. The van der Waals surface area contributed by atoms with Crippen LogP contribution in [0.2, 0.25) is 0 Å². The van der Waals surface area contributed by atoms with Crippen molar-refractivity contribution in [3.8, 4) is 0 Å². The number of unbranched alkanes of at least 4 members (excludes halogenated alkanes) is 10. The summed E-state index contributed by atoms with van der Waals surface area (Å²) in [5.74, 6) is 0. The minimum Gasteiger partial charge on any atom is -0.483 e. The Bertz CT molecular complexity index is 128. The Morgan fingerprint density at radius 3 is 0.889 bits per heavy atom. The van der Waals surface area contributed by atoms with Gasteiger partial charge in [-0.1, -0.05) is 57.8 Å². The van der Waals surface area contributed by atoms with Gasteiger partial charge in [0.25, 0.3) is 6.47 Å². The van der Waals surface area contributed by atoms with Crippen molar-refractivity contribution in [1.82, 2.24) is 0 Å². The summed E-state index contributed by atoms with van der Waals surface area (Å²) in [5, 5.41) is 24.1. The summed E-state index contributed by atoms with van der Waals surface area (Å²) in [6.45, 7) is 0.454. The Morgan fingerprint density at radius 1 is 0.556 bits per heavy atom. The molecule has 4 nitrogen and oxygen atoms in total. The molecule has 0 spiro atoms. The highest BCUT2D eigenvalue weighted by molar-refractivity contribution is 5.32. The van der Waals surface area contributed by atoms with E-state index >= 15 is 0 Å². The molecule has 4 heteroatoms. The lowest BCUT2D eigenvalue weighted by Crippen LogP contribution is -1.85. The van der Waals surface area contributed by atoms with E-state index in [1.807, 2.05) is 0 Å². The van der Waals surface area contributed by atoms with Gasteiger partial charge in [-0.25, -0.2) is 0 Å². The van der Waals surface area contributed by atoms with Crippen molar-refractivity contribution < 1.29 is 20.1 Å².